The summed E-state index contributed by atoms with van der Waals surface area (Å²) in [5, 5.41) is 12.2. The third-order valence-corrected chi connectivity index (χ3v) is 4.20. The van der Waals surface area contributed by atoms with Crippen molar-refractivity contribution in [3.63, 3.8) is 0 Å². The number of halogens is 2. The molecule has 8 heteroatoms. The molecule has 0 spiro atoms. The average Bonchev–Trinajstić information content (AvgIpc) is 3.11. The third kappa shape index (κ3) is 3.97. The monoisotopic (exact) mass is 379 g/mol. The van der Waals surface area contributed by atoms with Gasteiger partial charge < -0.3 is 19.2 Å². The Morgan fingerprint density at radius 2 is 1.76 bits per heavy atom. The summed E-state index contributed by atoms with van der Waals surface area (Å²) in [6, 6.07) is 10.7. The van der Waals surface area contributed by atoms with E-state index in [0.29, 0.717) is 39.9 Å². The lowest BCUT2D eigenvalue weighted by atomic mass is 10.2. The average molecular weight is 380 g/mol. The predicted octanol–water partition coefficient (Wildman–Crippen LogP) is 4.67. The molecule has 130 valence electrons. The molecule has 1 aromatic heterocycles. The van der Waals surface area contributed by atoms with Crippen LogP contribution in [0.3, 0.4) is 0 Å². The number of ether oxygens (including phenoxy) is 2. The van der Waals surface area contributed by atoms with Crippen LogP contribution in [-0.4, -0.2) is 24.4 Å². The van der Waals surface area contributed by atoms with Crippen LogP contribution in [0.15, 0.2) is 40.8 Å². The lowest BCUT2D eigenvalue weighted by Crippen LogP contribution is -1.99. The number of aromatic nitrogens is 2. The van der Waals surface area contributed by atoms with Gasteiger partial charge in [0, 0.05) is 11.3 Å². The maximum Gasteiger partial charge on any atom is 0.247 e. The van der Waals surface area contributed by atoms with Crippen molar-refractivity contribution < 1.29 is 13.9 Å². The highest BCUT2D eigenvalue weighted by Gasteiger charge is 2.12. The van der Waals surface area contributed by atoms with E-state index >= 15 is 0 Å². The molecule has 2 aromatic carbocycles. The van der Waals surface area contributed by atoms with Gasteiger partial charge in [0.25, 0.3) is 0 Å². The summed E-state index contributed by atoms with van der Waals surface area (Å²) in [6.07, 6.45) is 0. The first-order valence-corrected chi connectivity index (χ1v) is 8.10. The van der Waals surface area contributed by atoms with Crippen molar-refractivity contribution in [3.05, 3.63) is 52.3 Å². The SMILES string of the molecule is COc1ccc(-c2nnc(CNc3ccc(Cl)c(Cl)c3)o2)cc1OC. The van der Waals surface area contributed by atoms with E-state index in [2.05, 4.69) is 15.5 Å². The molecule has 0 bridgehead atoms. The Morgan fingerprint density at radius 3 is 2.48 bits per heavy atom. The summed E-state index contributed by atoms with van der Waals surface area (Å²) >= 11 is 11.9. The zero-order valence-corrected chi connectivity index (χ0v) is 15.1. The first kappa shape index (κ1) is 17.4. The molecule has 3 aromatic rings. The molecule has 25 heavy (non-hydrogen) atoms. The molecule has 0 radical (unpaired) electrons. The summed E-state index contributed by atoms with van der Waals surface area (Å²) in [5.74, 6) is 2.06. The Kier molecular flexibility index (Phi) is 5.31. The minimum atomic E-state index is 0.359. The van der Waals surface area contributed by atoms with E-state index in [1.54, 1.807) is 38.5 Å². The molecule has 0 aliphatic carbocycles. The summed E-state index contributed by atoms with van der Waals surface area (Å²) in [4.78, 5) is 0. The van der Waals surface area contributed by atoms with Gasteiger partial charge in [0.1, 0.15) is 0 Å². The number of anilines is 1. The van der Waals surface area contributed by atoms with Crippen LogP contribution in [0, 0.1) is 0 Å². The van der Waals surface area contributed by atoms with Crippen molar-refractivity contribution in [2.45, 2.75) is 6.54 Å². The fourth-order valence-corrected chi connectivity index (χ4v) is 2.49. The lowest BCUT2D eigenvalue weighted by Gasteiger charge is -2.07. The molecule has 0 fully saturated rings. The van der Waals surface area contributed by atoms with E-state index in [9.17, 15) is 0 Å². The quantitative estimate of drug-likeness (QED) is 0.670. The molecule has 1 heterocycles. The first-order valence-electron chi connectivity index (χ1n) is 7.34. The Hall–Kier alpha value is -2.44. The number of hydrogen-bond donors (Lipinski definition) is 1. The maximum absolute atomic E-state index is 5.99. The van der Waals surface area contributed by atoms with Gasteiger partial charge in [-0.1, -0.05) is 23.2 Å². The zero-order valence-electron chi connectivity index (χ0n) is 13.5. The van der Waals surface area contributed by atoms with Crippen LogP contribution in [0.5, 0.6) is 11.5 Å². The minimum Gasteiger partial charge on any atom is -0.493 e. The van der Waals surface area contributed by atoms with Crippen molar-refractivity contribution in [1.82, 2.24) is 10.2 Å². The summed E-state index contributed by atoms with van der Waals surface area (Å²) in [6.45, 7) is 0.359. The zero-order chi connectivity index (χ0) is 17.8. The van der Waals surface area contributed by atoms with E-state index in [1.807, 2.05) is 12.1 Å². The Morgan fingerprint density at radius 1 is 0.960 bits per heavy atom. The van der Waals surface area contributed by atoms with Gasteiger partial charge in [0.05, 0.1) is 30.8 Å². The number of hydrogen-bond acceptors (Lipinski definition) is 6. The molecule has 3 rings (SSSR count). The van der Waals surface area contributed by atoms with Crippen molar-refractivity contribution in [1.29, 1.82) is 0 Å². The van der Waals surface area contributed by atoms with Gasteiger partial charge in [-0.3, -0.25) is 0 Å². The van der Waals surface area contributed by atoms with E-state index in [0.717, 1.165) is 11.3 Å². The second kappa shape index (κ2) is 7.63. The van der Waals surface area contributed by atoms with Crippen LogP contribution in [-0.2, 0) is 6.54 Å². The Labute approximate surface area is 154 Å². The molecule has 0 aliphatic heterocycles. The highest BCUT2D eigenvalue weighted by atomic mass is 35.5. The lowest BCUT2D eigenvalue weighted by molar-refractivity contribution is 0.355. The second-order valence-corrected chi connectivity index (χ2v) is 5.87. The first-order chi connectivity index (χ1) is 12.1. The van der Waals surface area contributed by atoms with Crippen molar-refractivity contribution in [3.8, 4) is 23.0 Å². The number of nitrogens with one attached hydrogen (secondary N) is 1. The van der Waals surface area contributed by atoms with Crippen molar-refractivity contribution >= 4 is 28.9 Å². The van der Waals surface area contributed by atoms with Crippen LogP contribution in [0.25, 0.3) is 11.5 Å². The smallest absolute Gasteiger partial charge is 0.247 e. The normalized spacial score (nSPS) is 10.6. The summed E-state index contributed by atoms with van der Waals surface area (Å²) in [7, 11) is 3.15. The van der Waals surface area contributed by atoms with Crippen molar-refractivity contribution in [2.24, 2.45) is 0 Å². The summed E-state index contributed by atoms with van der Waals surface area (Å²) in [5.41, 5.74) is 1.55. The molecule has 0 aliphatic rings. The van der Waals surface area contributed by atoms with Gasteiger partial charge in [-0.25, -0.2) is 0 Å². The highest BCUT2D eigenvalue weighted by molar-refractivity contribution is 6.42. The fourth-order valence-electron chi connectivity index (χ4n) is 2.19. The van der Waals surface area contributed by atoms with Crippen LogP contribution in [0.1, 0.15) is 5.89 Å². The van der Waals surface area contributed by atoms with Gasteiger partial charge in [0.2, 0.25) is 11.8 Å². The second-order valence-electron chi connectivity index (χ2n) is 5.05. The van der Waals surface area contributed by atoms with E-state index in [4.69, 9.17) is 37.1 Å². The van der Waals surface area contributed by atoms with Crippen LogP contribution < -0.4 is 14.8 Å². The number of nitrogens with zero attached hydrogens (tertiary/aromatic N) is 2. The number of rotatable bonds is 6. The van der Waals surface area contributed by atoms with Gasteiger partial charge in [-0.05, 0) is 36.4 Å². The van der Waals surface area contributed by atoms with Crippen LogP contribution in [0.4, 0.5) is 5.69 Å². The van der Waals surface area contributed by atoms with Gasteiger partial charge in [-0.15, -0.1) is 10.2 Å². The van der Waals surface area contributed by atoms with E-state index in [1.165, 1.54) is 0 Å². The molecule has 0 saturated heterocycles. The minimum absolute atomic E-state index is 0.359. The Balaban J connectivity index is 1.73. The molecular weight excluding hydrogens is 365 g/mol. The highest BCUT2D eigenvalue weighted by Crippen LogP contribution is 2.32. The van der Waals surface area contributed by atoms with E-state index in [-0.39, 0.29) is 0 Å². The molecule has 1 N–H and O–H groups in total. The van der Waals surface area contributed by atoms with Crippen LogP contribution in [0.2, 0.25) is 10.0 Å². The standard InChI is InChI=1S/C17H15Cl2N3O3/c1-23-14-6-3-10(7-15(14)24-2)17-22-21-16(25-17)9-20-11-4-5-12(18)13(19)8-11/h3-8,20H,9H2,1-2H3. The number of methoxy groups -OCH3 is 2. The third-order valence-electron chi connectivity index (χ3n) is 3.46. The fraction of sp³-hybridized carbons (Fsp3) is 0.176. The molecule has 0 atom stereocenters. The number of benzene rings is 2. The van der Waals surface area contributed by atoms with Crippen molar-refractivity contribution in [2.75, 3.05) is 19.5 Å². The van der Waals surface area contributed by atoms with Gasteiger partial charge in [-0.2, -0.15) is 0 Å². The maximum atomic E-state index is 5.99. The predicted molar refractivity (Wildman–Crippen MR) is 96.6 cm³/mol. The molecule has 0 unspecified atom stereocenters. The topological polar surface area (TPSA) is 69.4 Å². The van der Waals surface area contributed by atoms with Gasteiger partial charge in [0.15, 0.2) is 11.5 Å². The Bertz CT molecular complexity index is 883. The molecule has 6 nitrogen and oxygen atoms in total. The van der Waals surface area contributed by atoms with Crippen LogP contribution >= 0.6 is 23.2 Å². The largest absolute Gasteiger partial charge is 0.493 e. The molecule has 0 amide bonds. The summed E-state index contributed by atoms with van der Waals surface area (Å²) < 4.78 is 16.2. The molecule has 0 saturated carbocycles. The molecular formula is C17H15Cl2N3O3. The van der Waals surface area contributed by atoms with E-state index < -0.39 is 0 Å². The van der Waals surface area contributed by atoms with Gasteiger partial charge >= 0.3 is 0 Å².